The van der Waals surface area contributed by atoms with E-state index in [1.165, 1.54) is 10.9 Å². The van der Waals surface area contributed by atoms with Gasteiger partial charge in [0.15, 0.2) is 0 Å². The average Bonchev–Trinajstić information content (AvgIpc) is 3.03. The zero-order chi connectivity index (χ0) is 18.1. The van der Waals surface area contributed by atoms with E-state index in [1.807, 2.05) is 4.90 Å². The van der Waals surface area contributed by atoms with Gasteiger partial charge < -0.3 is 4.90 Å². The first-order valence-corrected chi connectivity index (χ1v) is 10.6. The van der Waals surface area contributed by atoms with E-state index < -0.39 is 10.0 Å². The Morgan fingerprint density at radius 2 is 2.08 bits per heavy atom. The number of nitrogens with zero attached hydrogens (tertiary/aromatic N) is 4. The van der Waals surface area contributed by atoms with E-state index in [0.29, 0.717) is 26.1 Å². The third-order valence-corrected chi connectivity index (χ3v) is 7.27. The lowest BCUT2D eigenvalue weighted by Crippen LogP contribution is -2.55. The highest BCUT2D eigenvalue weighted by molar-refractivity contribution is 7.89. The molecule has 140 valence electrons. The van der Waals surface area contributed by atoms with Crippen molar-refractivity contribution in [2.45, 2.75) is 50.3 Å². The molecule has 1 amide bonds. The van der Waals surface area contributed by atoms with E-state index in [2.05, 4.69) is 12.0 Å². The molecule has 1 aromatic heterocycles. The van der Waals surface area contributed by atoms with Crippen molar-refractivity contribution in [1.29, 1.82) is 0 Å². The summed E-state index contributed by atoms with van der Waals surface area (Å²) in [6.45, 7) is 4.63. The van der Waals surface area contributed by atoms with Crippen molar-refractivity contribution in [1.82, 2.24) is 19.0 Å². The first-order chi connectivity index (χ1) is 11.9. The molecule has 0 bridgehead atoms. The molecule has 2 saturated heterocycles. The van der Waals surface area contributed by atoms with E-state index in [0.717, 1.165) is 38.6 Å². The van der Waals surface area contributed by atoms with Crippen molar-refractivity contribution in [2.24, 2.45) is 12.5 Å². The molecule has 3 heterocycles. The second-order valence-electron chi connectivity index (χ2n) is 7.46. The van der Waals surface area contributed by atoms with Crippen molar-refractivity contribution in [3.8, 4) is 0 Å². The minimum Gasteiger partial charge on any atom is -0.342 e. The van der Waals surface area contributed by atoms with Crippen LogP contribution in [0, 0.1) is 5.41 Å². The van der Waals surface area contributed by atoms with Gasteiger partial charge in [-0.2, -0.15) is 9.40 Å². The Labute approximate surface area is 150 Å². The summed E-state index contributed by atoms with van der Waals surface area (Å²) in [5.41, 5.74) is -0.102. The summed E-state index contributed by atoms with van der Waals surface area (Å²) >= 11 is 0. The smallest absolute Gasteiger partial charge is 0.246 e. The number of aromatic nitrogens is 2. The predicted octanol–water partition coefficient (Wildman–Crippen LogP) is 1.61. The Hall–Kier alpha value is -1.41. The van der Waals surface area contributed by atoms with Crippen molar-refractivity contribution in [3.05, 3.63) is 12.4 Å². The van der Waals surface area contributed by atoms with Gasteiger partial charge in [-0.25, -0.2) is 8.42 Å². The molecule has 2 aliphatic heterocycles. The van der Waals surface area contributed by atoms with Gasteiger partial charge in [-0.15, -0.1) is 0 Å². The highest BCUT2D eigenvalue weighted by atomic mass is 32.2. The van der Waals surface area contributed by atoms with E-state index in [-0.39, 0.29) is 16.2 Å². The predicted molar refractivity (Wildman–Crippen MR) is 94.4 cm³/mol. The summed E-state index contributed by atoms with van der Waals surface area (Å²) in [5, 5.41) is 4.00. The lowest BCUT2D eigenvalue weighted by Gasteiger charge is -2.47. The van der Waals surface area contributed by atoms with Crippen LogP contribution in [0.4, 0.5) is 0 Å². The lowest BCUT2D eigenvalue weighted by atomic mass is 9.74. The molecule has 0 unspecified atom stereocenters. The van der Waals surface area contributed by atoms with E-state index in [4.69, 9.17) is 0 Å². The van der Waals surface area contributed by atoms with Crippen LogP contribution in [0.3, 0.4) is 0 Å². The number of carbonyl (C=O) groups excluding carboxylic acids is 1. The molecule has 1 spiro atoms. The zero-order valence-corrected chi connectivity index (χ0v) is 16.0. The minimum absolute atomic E-state index is 0.102. The van der Waals surface area contributed by atoms with E-state index in [9.17, 15) is 13.2 Å². The number of unbranched alkanes of at least 4 members (excludes halogenated alkanes) is 1. The van der Waals surface area contributed by atoms with Gasteiger partial charge in [-0.3, -0.25) is 9.48 Å². The van der Waals surface area contributed by atoms with Gasteiger partial charge in [-0.05, 0) is 25.7 Å². The number of sulfonamides is 1. The molecule has 0 aromatic carbocycles. The van der Waals surface area contributed by atoms with Gasteiger partial charge in [0.05, 0.1) is 6.20 Å². The fourth-order valence-corrected chi connectivity index (χ4v) is 5.61. The Morgan fingerprint density at radius 3 is 2.76 bits per heavy atom. The summed E-state index contributed by atoms with van der Waals surface area (Å²) in [4.78, 5) is 14.4. The number of carbonyl (C=O) groups is 1. The van der Waals surface area contributed by atoms with Gasteiger partial charge in [-0.1, -0.05) is 13.3 Å². The molecular formula is C17H28N4O3S. The number of hydrogen-bond donors (Lipinski definition) is 0. The molecule has 0 aliphatic carbocycles. The van der Waals surface area contributed by atoms with Crippen LogP contribution in [0.25, 0.3) is 0 Å². The fraction of sp³-hybridized carbons (Fsp3) is 0.765. The standard InChI is InChI=1S/C17H28N4O3S/c1-3-4-9-20-13-17(8-6-16(20)22)7-5-10-21(14-17)25(23,24)15-11-18-19(2)12-15/h11-12H,3-10,13-14H2,1-2H3/t17-/m1/s1. The van der Waals surface area contributed by atoms with Crippen molar-refractivity contribution in [3.63, 3.8) is 0 Å². The van der Waals surface area contributed by atoms with Gasteiger partial charge in [0.2, 0.25) is 15.9 Å². The third kappa shape index (κ3) is 3.74. The number of piperidine rings is 2. The Bertz CT molecular complexity index is 730. The summed E-state index contributed by atoms with van der Waals surface area (Å²) in [5.74, 6) is 0.214. The van der Waals surface area contributed by atoms with Crippen LogP contribution in [0.15, 0.2) is 17.3 Å². The van der Waals surface area contributed by atoms with Crippen LogP contribution >= 0.6 is 0 Å². The van der Waals surface area contributed by atoms with Crippen LogP contribution in [-0.2, 0) is 21.9 Å². The summed E-state index contributed by atoms with van der Waals surface area (Å²) in [7, 11) is -1.80. The molecule has 2 aliphatic rings. The molecule has 0 saturated carbocycles. The Balaban J connectivity index is 1.77. The van der Waals surface area contributed by atoms with Gasteiger partial charge in [0.1, 0.15) is 4.90 Å². The molecule has 25 heavy (non-hydrogen) atoms. The second kappa shape index (κ2) is 7.07. The highest BCUT2D eigenvalue weighted by Crippen LogP contribution is 2.40. The first-order valence-electron chi connectivity index (χ1n) is 9.13. The minimum atomic E-state index is -3.52. The first kappa shape index (κ1) is 18.4. The van der Waals surface area contributed by atoms with E-state index in [1.54, 1.807) is 17.5 Å². The third-order valence-electron chi connectivity index (χ3n) is 5.48. The largest absolute Gasteiger partial charge is 0.342 e. The lowest BCUT2D eigenvalue weighted by molar-refractivity contribution is -0.138. The number of aryl methyl sites for hydroxylation is 1. The average molecular weight is 369 g/mol. The van der Waals surface area contributed by atoms with Gasteiger partial charge >= 0.3 is 0 Å². The van der Waals surface area contributed by atoms with Gasteiger partial charge in [0, 0.05) is 51.3 Å². The van der Waals surface area contributed by atoms with E-state index >= 15 is 0 Å². The molecule has 8 heteroatoms. The van der Waals surface area contributed by atoms with Gasteiger partial charge in [0.25, 0.3) is 0 Å². The molecule has 1 atom stereocenters. The molecule has 3 rings (SSSR count). The summed E-state index contributed by atoms with van der Waals surface area (Å²) < 4.78 is 29.0. The Morgan fingerprint density at radius 1 is 1.28 bits per heavy atom. The molecular weight excluding hydrogens is 340 g/mol. The number of hydrogen-bond acceptors (Lipinski definition) is 4. The molecule has 0 radical (unpaired) electrons. The number of rotatable bonds is 5. The molecule has 2 fully saturated rings. The zero-order valence-electron chi connectivity index (χ0n) is 15.1. The molecule has 0 N–H and O–H groups in total. The Kier molecular flexibility index (Phi) is 5.20. The summed E-state index contributed by atoms with van der Waals surface area (Å²) in [6, 6.07) is 0. The monoisotopic (exact) mass is 368 g/mol. The van der Waals surface area contributed by atoms with Crippen molar-refractivity contribution < 1.29 is 13.2 Å². The number of likely N-dealkylation sites (tertiary alicyclic amines) is 1. The van der Waals surface area contributed by atoms with Crippen LogP contribution in [0.2, 0.25) is 0 Å². The maximum atomic E-state index is 12.9. The van der Waals surface area contributed by atoms with Crippen LogP contribution in [0.5, 0.6) is 0 Å². The summed E-state index contributed by atoms with van der Waals surface area (Å²) in [6.07, 6.45) is 8.16. The molecule has 7 nitrogen and oxygen atoms in total. The quantitative estimate of drug-likeness (QED) is 0.791. The second-order valence-corrected chi connectivity index (χ2v) is 9.40. The number of amides is 1. The molecule has 1 aromatic rings. The van der Waals surface area contributed by atoms with Crippen LogP contribution in [-0.4, -0.2) is 59.5 Å². The van der Waals surface area contributed by atoms with Crippen molar-refractivity contribution in [2.75, 3.05) is 26.2 Å². The van der Waals surface area contributed by atoms with Crippen molar-refractivity contribution >= 4 is 15.9 Å². The highest BCUT2D eigenvalue weighted by Gasteiger charge is 2.44. The maximum absolute atomic E-state index is 12.9. The SMILES string of the molecule is CCCCN1C[C@@]2(CCCN(S(=O)(=O)c3cnn(C)c3)C2)CCC1=O. The van der Waals surface area contributed by atoms with Crippen LogP contribution in [0.1, 0.15) is 45.4 Å². The maximum Gasteiger partial charge on any atom is 0.246 e. The topological polar surface area (TPSA) is 75.5 Å². The fourth-order valence-electron chi connectivity index (χ4n) is 4.04. The normalized spacial score (nSPS) is 25.7. The van der Waals surface area contributed by atoms with Crippen LogP contribution < -0.4 is 0 Å².